The molecule has 0 atom stereocenters. The molecule has 0 aliphatic carbocycles. The maximum Gasteiger partial charge on any atom is 0.177 e. The fourth-order valence-corrected chi connectivity index (χ4v) is 2.76. The summed E-state index contributed by atoms with van der Waals surface area (Å²) in [4.78, 5) is 0.292. The van der Waals surface area contributed by atoms with Gasteiger partial charge in [0.25, 0.3) is 0 Å². The summed E-state index contributed by atoms with van der Waals surface area (Å²) in [6, 6.07) is 6.78. The van der Waals surface area contributed by atoms with Crippen LogP contribution >= 0.6 is 0 Å². The molecule has 0 radical (unpaired) electrons. The van der Waals surface area contributed by atoms with Gasteiger partial charge in [0, 0.05) is 6.26 Å². The zero-order valence-electron chi connectivity index (χ0n) is 11.3. The molecule has 0 spiro atoms. The van der Waals surface area contributed by atoms with Gasteiger partial charge < -0.3 is 14.8 Å². The van der Waals surface area contributed by atoms with Crippen molar-refractivity contribution in [3.8, 4) is 0 Å². The summed E-state index contributed by atoms with van der Waals surface area (Å²) >= 11 is 0. The fourth-order valence-electron chi connectivity index (χ4n) is 1.90. The Hall–Kier alpha value is -1.11. The van der Waals surface area contributed by atoms with Crippen molar-refractivity contribution in [1.29, 1.82) is 0 Å². The molecule has 1 fully saturated rings. The van der Waals surface area contributed by atoms with Crippen LogP contribution in [0.3, 0.4) is 0 Å². The Morgan fingerprint density at radius 3 is 2.37 bits per heavy atom. The van der Waals surface area contributed by atoms with E-state index in [0.717, 1.165) is 0 Å². The maximum atomic E-state index is 11.7. The first kappa shape index (κ1) is 14.3. The number of sulfone groups is 1. The summed E-state index contributed by atoms with van der Waals surface area (Å²) < 4.78 is 34.5. The molecule has 0 aromatic heterocycles. The highest BCUT2D eigenvalue weighted by atomic mass is 32.2. The normalized spacial score (nSPS) is 20.2. The molecule has 1 aromatic rings. The summed E-state index contributed by atoms with van der Waals surface area (Å²) in [6.45, 7) is 4.66. The minimum absolute atomic E-state index is 0.0593. The second-order valence-electron chi connectivity index (χ2n) is 5.13. The Bertz CT molecular complexity index is 544. The topological polar surface area (TPSA) is 64.6 Å². The number of benzene rings is 1. The molecule has 19 heavy (non-hydrogen) atoms. The highest BCUT2D eigenvalue weighted by Crippen LogP contribution is 2.24. The van der Waals surface area contributed by atoms with Gasteiger partial charge in [-0.3, -0.25) is 0 Å². The molecule has 1 saturated heterocycles. The van der Waals surface area contributed by atoms with Crippen LogP contribution in [0.1, 0.15) is 13.8 Å². The Morgan fingerprint density at radius 1 is 1.21 bits per heavy atom. The van der Waals surface area contributed by atoms with Gasteiger partial charge in [-0.05, 0) is 26.0 Å². The summed E-state index contributed by atoms with van der Waals surface area (Å²) in [5.74, 6) is -0.575. The van der Waals surface area contributed by atoms with Gasteiger partial charge in [-0.2, -0.15) is 0 Å². The molecular weight excluding hydrogens is 266 g/mol. The van der Waals surface area contributed by atoms with E-state index in [1.54, 1.807) is 24.3 Å². The molecule has 1 aliphatic heterocycles. The largest absolute Gasteiger partial charge is 0.377 e. The number of anilines is 1. The van der Waals surface area contributed by atoms with Gasteiger partial charge in [0.05, 0.1) is 29.8 Å². The SMILES string of the molecule is CC1(C)OCC(Nc2ccccc2S(C)(=O)=O)CO1. The monoisotopic (exact) mass is 285 g/mol. The summed E-state index contributed by atoms with van der Waals surface area (Å²) in [6.07, 6.45) is 1.20. The number of para-hydroxylation sites is 1. The molecule has 106 valence electrons. The standard InChI is InChI=1S/C13H19NO4S/c1-13(2)17-8-10(9-18-13)14-11-6-4-5-7-12(11)19(3,15)16/h4-7,10,14H,8-9H2,1-3H3. The molecule has 2 rings (SSSR count). The molecule has 0 saturated carbocycles. The second kappa shape index (κ2) is 5.11. The van der Waals surface area contributed by atoms with Crippen LogP contribution in [0.2, 0.25) is 0 Å². The van der Waals surface area contributed by atoms with Crippen molar-refractivity contribution in [3.05, 3.63) is 24.3 Å². The van der Waals surface area contributed by atoms with Crippen molar-refractivity contribution in [1.82, 2.24) is 0 Å². The van der Waals surface area contributed by atoms with Crippen LogP contribution in [0.4, 0.5) is 5.69 Å². The van der Waals surface area contributed by atoms with Crippen LogP contribution in [0.15, 0.2) is 29.2 Å². The van der Waals surface area contributed by atoms with Crippen LogP contribution in [0.5, 0.6) is 0 Å². The van der Waals surface area contributed by atoms with Crippen molar-refractivity contribution in [2.75, 3.05) is 24.8 Å². The molecule has 1 aromatic carbocycles. The van der Waals surface area contributed by atoms with Gasteiger partial charge in [0.15, 0.2) is 15.6 Å². The number of hydrogen-bond donors (Lipinski definition) is 1. The fraction of sp³-hybridized carbons (Fsp3) is 0.538. The third-order valence-electron chi connectivity index (χ3n) is 2.91. The van der Waals surface area contributed by atoms with E-state index >= 15 is 0 Å². The quantitative estimate of drug-likeness (QED) is 0.915. The van der Waals surface area contributed by atoms with Crippen LogP contribution in [-0.4, -0.2) is 39.7 Å². The number of ether oxygens (including phenoxy) is 2. The van der Waals surface area contributed by atoms with Crippen molar-refractivity contribution < 1.29 is 17.9 Å². The lowest BCUT2D eigenvalue weighted by molar-refractivity contribution is -0.247. The predicted octanol–water partition coefficient (Wildman–Crippen LogP) is 1.65. The average molecular weight is 285 g/mol. The van der Waals surface area contributed by atoms with E-state index in [4.69, 9.17) is 9.47 Å². The minimum atomic E-state index is -3.25. The molecule has 0 amide bonds. The van der Waals surface area contributed by atoms with Crippen LogP contribution in [-0.2, 0) is 19.3 Å². The molecule has 1 heterocycles. The van der Waals surface area contributed by atoms with Crippen molar-refractivity contribution in [2.24, 2.45) is 0 Å². The average Bonchev–Trinajstić information content (AvgIpc) is 2.31. The zero-order chi connectivity index (χ0) is 14.1. The van der Waals surface area contributed by atoms with E-state index in [1.807, 2.05) is 13.8 Å². The maximum absolute atomic E-state index is 11.7. The third-order valence-corrected chi connectivity index (χ3v) is 4.07. The second-order valence-corrected chi connectivity index (χ2v) is 7.12. The van der Waals surface area contributed by atoms with E-state index in [9.17, 15) is 8.42 Å². The van der Waals surface area contributed by atoms with E-state index < -0.39 is 15.6 Å². The third kappa shape index (κ3) is 3.68. The summed E-state index contributed by atoms with van der Waals surface area (Å²) in [7, 11) is -3.25. The van der Waals surface area contributed by atoms with Gasteiger partial charge in [0.2, 0.25) is 0 Å². The Balaban J connectivity index is 2.13. The van der Waals surface area contributed by atoms with E-state index in [0.29, 0.717) is 23.8 Å². The molecule has 1 N–H and O–H groups in total. The van der Waals surface area contributed by atoms with Gasteiger partial charge in [-0.1, -0.05) is 12.1 Å². The lowest BCUT2D eigenvalue weighted by atomic mass is 10.2. The van der Waals surface area contributed by atoms with Crippen molar-refractivity contribution in [3.63, 3.8) is 0 Å². The Kier molecular flexibility index (Phi) is 3.85. The number of hydrogen-bond acceptors (Lipinski definition) is 5. The molecule has 6 heteroatoms. The highest BCUT2D eigenvalue weighted by Gasteiger charge is 2.28. The van der Waals surface area contributed by atoms with E-state index in [2.05, 4.69) is 5.32 Å². The number of nitrogens with one attached hydrogen (secondary N) is 1. The first-order valence-electron chi connectivity index (χ1n) is 6.11. The van der Waals surface area contributed by atoms with Crippen LogP contribution in [0.25, 0.3) is 0 Å². The highest BCUT2D eigenvalue weighted by molar-refractivity contribution is 7.90. The van der Waals surface area contributed by atoms with E-state index in [1.165, 1.54) is 6.26 Å². The lowest BCUT2D eigenvalue weighted by Crippen LogP contribution is -2.45. The van der Waals surface area contributed by atoms with E-state index in [-0.39, 0.29) is 6.04 Å². The lowest BCUT2D eigenvalue weighted by Gasteiger charge is -2.35. The Morgan fingerprint density at radius 2 is 1.79 bits per heavy atom. The minimum Gasteiger partial charge on any atom is -0.377 e. The molecular formula is C13H19NO4S. The van der Waals surface area contributed by atoms with Crippen molar-refractivity contribution >= 4 is 15.5 Å². The van der Waals surface area contributed by atoms with Crippen molar-refractivity contribution in [2.45, 2.75) is 30.6 Å². The van der Waals surface area contributed by atoms with Gasteiger partial charge >= 0.3 is 0 Å². The molecule has 0 unspecified atom stereocenters. The molecule has 5 nitrogen and oxygen atoms in total. The van der Waals surface area contributed by atoms with Gasteiger partial charge in [-0.25, -0.2) is 8.42 Å². The smallest absolute Gasteiger partial charge is 0.177 e. The predicted molar refractivity (Wildman–Crippen MR) is 72.9 cm³/mol. The molecule has 0 bridgehead atoms. The molecule has 1 aliphatic rings. The summed E-state index contributed by atoms with van der Waals surface area (Å²) in [5.41, 5.74) is 0.585. The first-order chi connectivity index (χ1) is 8.78. The number of rotatable bonds is 3. The van der Waals surface area contributed by atoms with Crippen LogP contribution in [0, 0.1) is 0 Å². The van der Waals surface area contributed by atoms with Gasteiger partial charge in [0.1, 0.15) is 0 Å². The summed E-state index contributed by atoms with van der Waals surface area (Å²) in [5, 5.41) is 3.16. The Labute approximate surface area is 113 Å². The van der Waals surface area contributed by atoms with Gasteiger partial charge in [-0.15, -0.1) is 0 Å². The first-order valence-corrected chi connectivity index (χ1v) is 8.01. The van der Waals surface area contributed by atoms with Crippen LogP contribution < -0.4 is 5.32 Å². The zero-order valence-corrected chi connectivity index (χ0v) is 12.2.